The van der Waals surface area contributed by atoms with Gasteiger partial charge in [-0.05, 0) is 42.2 Å². The van der Waals surface area contributed by atoms with E-state index in [1.54, 1.807) is 12.1 Å². The van der Waals surface area contributed by atoms with Crippen LogP contribution in [0.4, 0.5) is 0 Å². The summed E-state index contributed by atoms with van der Waals surface area (Å²) in [5.74, 6) is 0.728. The highest BCUT2D eigenvalue weighted by Gasteiger charge is 2.08. The second kappa shape index (κ2) is 10.4. The molecule has 0 radical (unpaired) electrons. The molecule has 0 saturated heterocycles. The van der Waals surface area contributed by atoms with Gasteiger partial charge >= 0.3 is 0 Å². The summed E-state index contributed by atoms with van der Waals surface area (Å²) in [7, 11) is 0. The molecule has 0 N–H and O–H groups in total. The Morgan fingerprint density at radius 1 is 1.04 bits per heavy atom. The molecule has 2 aromatic rings. The van der Waals surface area contributed by atoms with Crippen LogP contribution in [0.5, 0.6) is 5.75 Å². The van der Waals surface area contributed by atoms with Gasteiger partial charge in [-0.2, -0.15) is 5.26 Å². The second-order valence-electron chi connectivity index (χ2n) is 6.28. The Bertz CT molecular complexity index is 710. The molecule has 0 saturated carbocycles. The van der Waals surface area contributed by atoms with Crippen molar-refractivity contribution in [3.8, 4) is 22.9 Å². The Balaban J connectivity index is 2.08. The summed E-state index contributed by atoms with van der Waals surface area (Å²) in [5, 5.41) is 9.10. The van der Waals surface area contributed by atoms with Gasteiger partial charge in [0.05, 0.1) is 11.6 Å². The molecule has 0 amide bonds. The van der Waals surface area contributed by atoms with Crippen molar-refractivity contribution in [1.82, 2.24) is 0 Å². The van der Waals surface area contributed by atoms with Crippen LogP contribution in [-0.2, 0) is 6.42 Å². The van der Waals surface area contributed by atoms with Crippen molar-refractivity contribution in [2.75, 3.05) is 6.61 Å². The van der Waals surface area contributed by atoms with Crippen LogP contribution in [-0.4, -0.2) is 6.61 Å². The lowest BCUT2D eigenvalue weighted by Crippen LogP contribution is -1.96. The third-order valence-electron chi connectivity index (χ3n) is 4.30. The third kappa shape index (κ3) is 5.80. The summed E-state index contributed by atoms with van der Waals surface area (Å²) in [5.41, 5.74) is 4.10. The van der Waals surface area contributed by atoms with E-state index >= 15 is 0 Å². The maximum absolute atomic E-state index is 9.10. The fourth-order valence-electron chi connectivity index (χ4n) is 2.88. The predicted octanol–water partition coefficient (Wildman–Crippen LogP) is 6.30. The Kier molecular flexibility index (Phi) is 7.79. The van der Waals surface area contributed by atoms with E-state index in [0.717, 1.165) is 23.3 Å². The van der Waals surface area contributed by atoms with Crippen molar-refractivity contribution in [1.29, 1.82) is 5.26 Å². The second-order valence-corrected chi connectivity index (χ2v) is 6.28. The SMILES string of the molecule is C=CCOc1cc(C#N)ccc1-c1ccc(CCCCCCC)cc1. The highest BCUT2D eigenvalue weighted by molar-refractivity contribution is 5.71. The van der Waals surface area contributed by atoms with Crippen LogP contribution in [0, 0.1) is 11.3 Å². The van der Waals surface area contributed by atoms with Gasteiger partial charge in [-0.15, -0.1) is 0 Å². The normalized spacial score (nSPS) is 10.2. The maximum atomic E-state index is 9.10. The zero-order valence-electron chi connectivity index (χ0n) is 15.1. The Hall–Kier alpha value is -2.53. The Labute approximate surface area is 151 Å². The molecule has 130 valence electrons. The fourth-order valence-corrected chi connectivity index (χ4v) is 2.88. The summed E-state index contributed by atoms with van der Waals surface area (Å²) in [6.45, 7) is 6.36. The minimum Gasteiger partial charge on any atom is -0.489 e. The quantitative estimate of drug-likeness (QED) is 0.377. The van der Waals surface area contributed by atoms with Crippen molar-refractivity contribution >= 4 is 0 Å². The van der Waals surface area contributed by atoms with Crippen molar-refractivity contribution in [2.24, 2.45) is 0 Å². The van der Waals surface area contributed by atoms with Crippen molar-refractivity contribution in [3.05, 3.63) is 66.2 Å². The van der Waals surface area contributed by atoms with E-state index in [0.29, 0.717) is 12.2 Å². The largest absolute Gasteiger partial charge is 0.489 e. The highest BCUT2D eigenvalue weighted by atomic mass is 16.5. The van der Waals surface area contributed by atoms with E-state index in [1.165, 1.54) is 37.7 Å². The molecular formula is C23H27NO. The number of unbranched alkanes of at least 4 members (excludes halogenated alkanes) is 4. The monoisotopic (exact) mass is 333 g/mol. The first-order chi connectivity index (χ1) is 12.3. The third-order valence-corrected chi connectivity index (χ3v) is 4.30. The lowest BCUT2D eigenvalue weighted by atomic mass is 9.99. The first-order valence-electron chi connectivity index (χ1n) is 9.15. The first-order valence-corrected chi connectivity index (χ1v) is 9.15. The summed E-state index contributed by atoms with van der Waals surface area (Å²) in [4.78, 5) is 0. The van der Waals surface area contributed by atoms with E-state index in [9.17, 15) is 0 Å². The van der Waals surface area contributed by atoms with Crippen molar-refractivity contribution in [2.45, 2.75) is 45.4 Å². The Morgan fingerprint density at radius 2 is 1.80 bits per heavy atom. The molecule has 2 nitrogen and oxygen atoms in total. The highest BCUT2D eigenvalue weighted by Crippen LogP contribution is 2.31. The molecule has 2 aromatic carbocycles. The summed E-state index contributed by atoms with van der Waals surface area (Å²) in [6.07, 6.45) is 9.38. The number of hydrogen-bond donors (Lipinski definition) is 0. The molecular weight excluding hydrogens is 306 g/mol. The zero-order chi connectivity index (χ0) is 17.9. The fraction of sp³-hybridized carbons (Fsp3) is 0.348. The average Bonchev–Trinajstić information content (AvgIpc) is 2.66. The standard InChI is InChI=1S/C23H27NO/c1-3-5-6-7-8-9-19-10-13-21(14-11-19)22-15-12-20(18-24)17-23(22)25-16-4-2/h4,10-15,17H,2-3,5-9,16H2,1H3. The van der Waals surface area contributed by atoms with E-state index in [-0.39, 0.29) is 0 Å². The molecule has 0 heterocycles. The van der Waals surface area contributed by atoms with E-state index in [4.69, 9.17) is 10.00 Å². The van der Waals surface area contributed by atoms with Crippen LogP contribution >= 0.6 is 0 Å². The van der Waals surface area contributed by atoms with Gasteiger partial charge in [0.25, 0.3) is 0 Å². The summed E-state index contributed by atoms with van der Waals surface area (Å²) < 4.78 is 5.75. The van der Waals surface area contributed by atoms with Gasteiger partial charge in [-0.25, -0.2) is 0 Å². The first kappa shape index (κ1) is 18.8. The minimum atomic E-state index is 0.428. The van der Waals surface area contributed by atoms with Gasteiger partial charge in [0, 0.05) is 5.56 Å². The average molecular weight is 333 g/mol. The van der Waals surface area contributed by atoms with E-state index < -0.39 is 0 Å². The molecule has 0 aromatic heterocycles. The molecule has 0 atom stereocenters. The molecule has 25 heavy (non-hydrogen) atoms. The summed E-state index contributed by atoms with van der Waals surface area (Å²) >= 11 is 0. The lowest BCUT2D eigenvalue weighted by Gasteiger charge is -2.11. The molecule has 0 spiro atoms. The van der Waals surface area contributed by atoms with Gasteiger partial charge < -0.3 is 4.74 Å². The number of ether oxygens (including phenoxy) is 1. The van der Waals surface area contributed by atoms with Crippen LogP contribution in [0.2, 0.25) is 0 Å². The smallest absolute Gasteiger partial charge is 0.128 e. The molecule has 0 bridgehead atoms. The molecule has 2 heteroatoms. The molecule has 0 aliphatic carbocycles. The molecule has 0 unspecified atom stereocenters. The van der Waals surface area contributed by atoms with E-state index in [2.05, 4.69) is 43.8 Å². The van der Waals surface area contributed by atoms with Gasteiger partial charge in [0.2, 0.25) is 0 Å². The van der Waals surface area contributed by atoms with Gasteiger partial charge in [0.15, 0.2) is 0 Å². The number of rotatable bonds is 10. The number of aryl methyl sites for hydroxylation is 1. The van der Waals surface area contributed by atoms with Gasteiger partial charge in [-0.3, -0.25) is 0 Å². The predicted molar refractivity (Wildman–Crippen MR) is 105 cm³/mol. The minimum absolute atomic E-state index is 0.428. The molecule has 2 rings (SSSR count). The Morgan fingerprint density at radius 3 is 2.48 bits per heavy atom. The maximum Gasteiger partial charge on any atom is 0.128 e. The number of benzene rings is 2. The summed E-state index contributed by atoms with van der Waals surface area (Å²) in [6, 6.07) is 16.4. The van der Waals surface area contributed by atoms with Crippen LogP contribution in [0.15, 0.2) is 55.1 Å². The lowest BCUT2D eigenvalue weighted by molar-refractivity contribution is 0.364. The topological polar surface area (TPSA) is 33.0 Å². The molecule has 0 fully saturated rings. The van der Waals surface area contributed by atoms with Crippen LogP contribution < -0.4 is 4.74 Å². The van der Waals surface area contributed by atoms with Crippen LogP contribution in [0.25, 0.3) is 11.1 Å². The van der Waals surface area contributed by atoms with Gasteiger partial charge in [0.1, 0.15) is 12.4 Å². The number of nitrogens with zero attached hydrogens (tertiary/aromatic N) is 1. The number of nitriles is 1. The van der Waals surface area contributed by atoms with Crippen molar-refractivity contribution in [3.63, 3.8) is 0 Å². The van der Waals surface area contributed by atoms with Gasteiger partial charge in [-0.1, -0.05) is 69.5 Å². The van der Waals surface area contributed by atoms with Crippen LogP contribution in [0.1, 0.15) is 50.2 Å². The number of hydrogen-bond acceptors (Lipinski definition) is 2. The van der Waals surface area contributed by atoms with Crippen LogP contribution in [0.3, 0.4) is 0 Å². The zero-order valence-corrected chi connectivity index (χ0v) is 15.1. The van der Waals surface area contributed by atoms with E-state index in [1.807, 2.05) is 12.1 Å². The molecule has 0 aliphatic heterocycles. The molecule has 0 aliphatic rings. The van der Waals surface area contributed by atoms with Crippen molar-refractivity contribution < 1.29 is 4.74 Å².